The number of amides is 3. The van der Waals surface area contributed by atoms with Gasteiger partial charge in [-0.3, -0.25) is 24.5 Å². The number of nitrogens with zero attached hydrogens (tertiary/aromatic N) is 1. The van der Waals surface area contributed by atoms with Crippen molar-refractivity contribution in [2.75, 3.05) is 39.4 Å². The van der Waals surface area contributed by atoms with Crippen molar-refractivity contribution in [2.24, 2.45) is 0 Å². The summed E-state index contributed by atoms with van der Waals surface area (Å²) < 4.78 is 5.24. The first kappa shape index (κ1) is 26.5. The Labute approximate surface area is 199 Å². The molecular weight excluding hydrogens is 436 g/mol. The molecule has 0 unspecified atom stereocenters. The van der Waals surface area contributed by atoms with Crippen LogP contribution in [-0.4, -0.2) is 73.3 Å². The molecule has 34 heavy (non-hydrogen) atoms. The third-order valence-corrected chi connectivity index (χ3v) is 4.98. The van der Waals surface area contributed by atoms with Crippen LogP contribution in [0, 0.1) is 11.8 Å². The molecule has 1 fully saturated rings. The minimum atomic E-state index is -1.14. The number of hydrogen-bond donors (Lipinski definition) is 4. The second-order valence-electron chi connectivity index (χ2n) is 7.39. The van der Waals surface area contributed by atoms with Crippen LogP contribution in [-0.2, 0) is 14.3 Å². The van der Waals surface area contributed by atoms with Crippen molar-refractivity contribution < 1.29 is 24.3 Å². The lowest BCUT2D eigenvalue weighted by Crippen LogP contribution is -2.53. The maximum Gasteiger partial charge on any atom is 0.267 e. The van der Waals surface area contributed by atoms with E-state index < -0.39 is 17.9 Å². The molecule has 2 aromatic carbocycles. The number of rotatable bonds is 7. The minimum Gasteiger partial charge on any atom is -0.379 e. The second kappa shape index (κ2) is 13.7. The first-order valence-corrected chi connectivity index (χ1v) is 10.5. The first-order valence-electron chi connectivity index (χ1n) is 10.5. The van der Waals surface area contributed by atoms with Crippen molar-refractivity contribution in [3.8, 4) is 11.8 Å². The second-order valence-corrected chi connectivity index (χ2v) is 7.39. The lowest BCUT2D eigenvalue weighted by atomic mass is 10.1. The van der Waals surface area contributed by atoms with Gasteiger partial charge in [-0.15, -0.1) is 0 Å². The van der Waals surface area contributed by atoms with E-state index in [4.69, 9.17) is 9.94 Å². The van der Waals surface area contributed by atoms with Crippen LogP contribution in [0.1, 0.15) is 28.9 Å². The Morgan fingerprint density at radius 1 is 0.971 bits per heavy atom. The molecule has 3 rings (SSSR count). The van der Waals surface area contributed by atoms with Gasteiger partial charge in [-0.05, 0) is 36.4 Å². The van der Waals surface area contributed by atoms with E-state index in [1.54, 1.807) is 24.3 Å². The van der Waals surface area contributed by atoms with Gasteiger partial charge in [0, 0.05) is 36.3 Å². The Bertz CT molecular complexity index is 1010. The molecular formula is C25H30N4O5. The molecule has 9 nitrogen and oxygen atoms in total. The summed E-state index contributed by atoms with van der Waals surface area (Å²) in [6.45, 7) is 2.43. The number of nitrogens with one attached hydrogen (secondary N) is 3. The number of ether oxygens (including phenoxy) is 1. The third-order valence-electron chi connectivity index (χ3n) is 4.98. The molecule has 9 heteroatoms. The van der Waals surface area contributed by atoms with Crippen molar-refractivity contribution in [3.05, 3.63) is 71.3 Å². The summed E-state index contributed by atoms with van der Waals surface area (Å²) in [4.78, 5) is 38.7. The fourth-order valence-electron chi connectivity index (χ4n) is 3.13. The zero-order valence-corrected chi connectivity index (χ0v) is 18.0. The van der Waals surface area contributed by atoms with E-state index in [9.17, 15) is 14.4 Å². The molecule has 0 saturated carbocycles. The summed E-state index contributed by atoms with van der Waals surface area (Å²) in [6, 6.07) is 15.0. The van der Waals surface area contributed by atoms with Gasteiger partial charge in [-0.2, -0.15) is 0 Å². The third kappa shape index (κ3) is 8.33. The summed E-state index contributed by atoms with van der Waals surface area (Å²) in [5.74, 6) is 4.42. The normalized spacial score (nSPS) is 13.9. The van der Waals surface area contributed by atoms with E-state index in [1.165, 1.54) is 5.48 Å². The molecule has 1 aliphatic heterocycles. The average Bonchev–Trinajstić information content (AvgIpc) is 2.86. The number of hydrogen-bond acceptors (Lipinski definition) is 6. The Kier molecular flexibility index (Phi) is 10.7. The summed E-state index contributed by atoms with van der Waals surface area (Å²) >= 11 is 0. The quantitative estimate of drug-likeness (QED) is 0.272. The van der Waals surface area contributed by atoms with Crippen molar-refractivity contribution in [3.63, 3.8) is 0 Å². The molecule has 0 spiro atoms. The molecule has 4 N–H and O–H groups in total. The van der Waals surface area contributed by atoms with E-state index >= 15 is 0 Å². The largest absolute Gasteiger partial charge is 0.379 e. The topological polar surface area (TPSA) is 120 Å². The van der Waals surface area contributed by atoms with Crippen LogP contribution in [0.2, 0.25) is 0 Å². The highest BCUT2D eigenvalue weighted by atomic mass is 16.5. The van der Waals surface area contributed by atoms with Gasteiger partial charge in [0.25, 0.3) is 11.8 Å². The van der Waals surface area contributed by atoms with Crippen LogP contribution in [0.25, 0.3) is 0 Å². The molecule has 1 aliphatic rings. The maximum absolute atomic E-state index is 12.6. The summed E-state index contributed by atoms with van der Waals surface area (Å²) in [5.41, 5.74) is 3.45. The van der Waals surface area contributed by atoms with Gasteiger partial charge in [0.1, 0.15) is 6.04 Å². The Balaban J connectivity index is 0.00000408. The van der Waals surface area contributed by atoms with E-state index in [1.807, 2.05) is 35.2 Å². The Hall–Kier alpha value is -3.71. The zero-order valence-electron chi connectivity index (χ0n) is 18.0. The van der Waals surface area contributed by atoms with Gasteiger partial charge < -0.3 is 15.4 Å². The standard InChI is InChI=1S/C24H26N4O5.CH4/c29-22(17-28-12-14-33-15-13-28)25-16-21(24(31)27-32)26-23(30)20-10-8-19(9-11-20)7-6-18-4-2-1-3-5-18;/h1-5,8-11,21,32H,12-17H2,(H,25,29)(H,26,30)(H,27,31);1H4/t21-;/m0./s1. The van der Waals surface area contributed by atoms with Crippen LogP contribution < -0.4 is 16.1 Å². The lowest BCUT2D eigenvalue weighted by Gasteiger charge is -2.26. The van der Waals surface area contributed by atoms with E-state index in [0.29, 0.717) is 31.9 Å². The fraction of sp³-hybridized carbons (Fsp3) is 0.320. The predicted octanol–water partition coefficient (Wildman–Crippen LogP) is 0.775. The van der Waals surface area contributed by atoms with E-state index in [0.717, 1.165) is 11.1 Å². The number of hydroxylamine groups is 1. The Morgan fingerprint density at radius 2 is 1.59 bits per heavy atom. The molecule has 2 aromatic rings. The summed E-state index contributed by atoms with van der Waals surface area (Å²) in [7, 11) is 0. The van der Waals surface area contributed by atoms with Crippen LogP contribution in [0.15, 0.2) is 54.6 Å². The highest BCUT2D eigenvalue weighted by Crippen LogP contribution is 2.05. The average molecular weight is 467 g/mol. The Morgan fingerprint density at radius 3 is 2.21 bits per heavy atom. The van der Waals surface area contributed by atoms with Crippen molar-refractivity contribution in [1.82, 2.24) is 21.0 Å². The van der Waals surface area contributed by atoms with Gasteiger partial charge in [-0.25, -0.2) is 5.48 Å². The van der Waals surface area contributed by atoms with Crippen molar-refractivity contribution in [1.29, 1.82) is 0 Å². The molecule has 3 amide bonds. The minimum absolute atomic E-state index is 0. The molecule has 0 aliphatic carbocycles. The first-order chi connectivity index (χ1) is 16.0. The lowest BCUT2D eigenvalue weighted by molar-refractivity contribution is -0.131. The smallest absolute Gasteiger partial charge is 0.267 e. The van der Waals surface area contributed by atoms with Crippen molar-refractivity contribution in [2.45, 2.75) is 13.5 Å². The van der Waals surface area contributed by atoms with Crippen molar-refractivity contribution >= 4 is 17.7 Å². The summed E-state index contributed by atoms with van der Waals surface area (Å²) in [5, 5.41) is 14.1. The van der Waals surface area contributed by atoms with Crippen LogP contribution >= 0.6 is 0 Å². The number of carbonyl (C=O) groups is 3. The molecule has 180 valence electrons. The zero-order chi connectivity index (χ0) is 23.5. The van der Waals surface area contributed by atoms with Gasteiger partial charge in [0.05, 0.1) is 19.8 Å². The SMILES string of the molecule is C.O=C(CN1CCOCC1)NC[C@H](NC(=O)c1ccc(C#Cc2ccccc2)cc1)C(=O)NO. The number of carbonyl (C=O) groups excluding carboxylic acids is 3. The van der Waals surface area contributed by atoms with Crippen LogP contribution in [0.5, 0.6) is 0 Å². The van der Waals surface area contributed by atoms with Gasteiger partial charge in [-0.1, -0.05) is 37.5 Å². The fourth-order valence-corrected chi connectivity index (χ4v) is 3.13. The molecule has 0 aromatic heterocycles. The monoisotopic (exact) mass is 466 g/mol. The molecule has 0 radical (unpaired) electrons. The molecule has 1 saturated heterocycles. The van der Waals surface area contributed by atoms with E-state index in [2.05, 4.69) is 22.5 Å². The van der Waals surface area contributed by atoms with Gasteiger partial charge in [0.2, 0.25) is 5.91 Å². The molecule has 0 bridgehead atoms. The van der Waals surface area contributed by atoms with Gasteiger partial charge >= 0.3 is 0 Å². The van der Waals surface area contributed by atoms with Crippen LogP contribution in [0.4, 0.5) is 0 Å². The van der Waals surface area contributed by atoms with Gasteiger partial charge in [0.15, 0.2) is 0 Å². The number of morpholine rings is 1. The highest BCUT2D eigenvalue weighted by molar-refractivity contribution is 5.97. The summed E-state index contributed by atoms with van der Waals surface area (Å²) in [6.07, 6.45) is 0. The van der Waals surface area contributed by atoms with E-state index in [-0.39, 0.29) is 26.4 Å². The highest BCUT2D eigenvalue weighted by Gasteiger charge is 2.22. The predicted molar refractivity (Wildman–Crippen MR) is 127 cm³/mol. The number of benzene rings is 2. The maximum atomic E-state index is 12.6. The van der Waals surface area contributed by atoms with Crippen LogP contribution in [0.3, 0.4) is 0 Å². The molecule has 1 heterocycles. The molecule has 1 atom stereocenters.